The first kappa shape index (κ1) is 12.9. The van der Waals surface area contributed by atoms with Crippen LogP contribution in [0.4, 0.5) is 0 Å². The molecule has 0 spiro atoms. The largest absolute Gasteiger partial charge is 0.324 e. The van der Waals surface area contributed by atoms with Gasteiger partial charge < -0.3 is 4.90 Å². The van der Waals surface area contributed by atoms with Crippen molar-refractivity contribution in [1.82, 2.24) is 4.90 Å². The van der Waals surface area contributed by atoms with Gasteiger partial charge in [-0.3, -0.25) is 0 Å². The molecule has 1 heterocycles. The second-order valence-electron chi connectivity index (χ2n) is 4.54. The van der Waals surface area contributed by atoms with Crippen LogP contribution < -0.4 is 0 Å². The van der Waals surface area contributed by atoms with Gasteiger partial charge in [-0.05, 0) is 0 Å². The highest BCUT2D eigenvalue weighted by Gasteiger charge is 2.22. The van der Waals surface area contributed by atoms with Gasteiger partial charge in [0.2, 0.25) is 5.62 Å². The molecule has 3 rings (SSSR count). The number of benzene rings is 2. The van der Waals surface area contributed by atoms with Crippen molar-refractivity contribution in [2.24, 2.45) is 9.98 Å². The summed E-state index contributed by atoms with van der Waals surface area (Å²) in [6.07, 6.45) is 0. The zero-order chi connectivity index (χ0) is 13.9. The lowest BCUT2D eigenvalue weighted by molar-refractivity contribution is 0.472. The number of hydrogen-bond acceptors (Lipinski definition) is 3. The van der Waals surface area contributed by atoms with Gasteiger partial charge in [-0.15, -0.1) is 0 Å². The summed E-state index contributed by atoms with van der Waals surface area (Å²) in [5, 5.41) is 0. The van der Waals surface area contributed by atoms with Crippen molar-refractivity contribution in [1.29, 1.82) is 0 Å². The van der Waals surface area contributed by atoms with E-state index >= 15 is 0 Å². The lowest BCUT2D eigenvalue weighted by Crippen LogP contribution is -2.37. The molecule has 1 aliphatic rings. The Kier molecular flexibility index (Phi) is 3.52. The molecular weight excluding hydrogens is 270 g/mol. The summed E-state index contributed by atoms with van der Waals surface area (Å²) in [6.45, 7) is 0. The van der Waals surface area contributed by atoms with Crippen LogP contribution in [0, 0.1) is 0 Å². The molecule has 0 bridgehead atoms. The molecule has 2 aromatic rings. The van der Waals surface area contributed by atoms with Gasteiger partial charge in [0.05, 0.1) is 0 Å². The number of aliphatic imine (C=N–C) groups is 2. The van der Waals surface area contributed by atoms with Crippen LogP contribution >= 0.6 is 11.6 Å². The molecule has 4 heteroatoms. The molecule has 100 valence electrons. The quantitative estimate of drug-likeness (QED) is 0.614. The van der Waals surface area contributed by atoms with E-state index in [0.29, 0.717) is 5.84 Å². The molecule has 0 fully saturated rings. The third-order valence-corrected chi connectivity index (χ3v) is 3.55. The number of halogens is 1. The molecule has 0 saturated heterocycles. The van der Waals surface area contributed by atoms with Gasteiger partial charge in [0, 0.05) is 18.2 Å². The lowest BCUT2D eigenvalue weighted by Gasteiger charge is -2.28. The predicted molar refractivity (Wildman–Crippen MR) is 83.4 cm³/mol. The van der Waals surface area contributed by atoms with Gasteiger partial charge in [-0.2, -0.15) is 0 Å². The van der Waals surface area contributed by atoms with Crippen LogP contribution in [0.3, 0.4) is 0 Å². The third kappa shape index (κ3) is 2.45. The first-order valence-electron chi connectivity index (χ1n) is 6.40. The van der Waals surface area contributed by atoms with Crippen LogP contribution in [-0.2, 0) is 0 Å². The molecule has 20 heavy (non-hydrogen) atoms. The van der Waals surface area contributed by atoms with Gasteiger partial charge in [-0.25, -0.2) is 9.98 Å². The highest BCUT2D eigenvalue weighted by atomic mass is 35.5. The molecule has 0 radical (unpaired) electrons. The summed E-state index contributed by atoms with van der Waals surface area (Å²) < 4.78 is 0. The number of nitrogens with zero attached hydrogens (tertiary/aromatic N) is 3. The normalized spacial score (nSPS) is 18.5. The van der Waals surface area contributed by atoms with E-state index in [1.807, 2.05) is 72.6 Å². The molecule has 0 aromatic heterocycles. The van der Waals surface area contributed by atoms with E-state index < -0.39 is 5.62 Å². The second-order valence-corrected chi connectivity index (χ2v) is 4.93. The number of rotatable bonds is 2. The summed E-state index contributed by atoms with van der Waals surface area (Å²) in [5.74, 6) is 1.50. The topological polar surface area (TPSA) is 28.0 Å². The van der Waals surface area contributed by atoms with E-state index in [2.05, 4.69) is 9.98 Å². The van der Waals surface area contributed by atoms with Crippen LogP contribution in [-0.4, -0.2) is 29.2 Å². The average Bonchev–Trinajstić information content (AvgIpc) is 2.51. The molecule has 0 amide bonds. The molecule has 3 nitrogen and oxygen atoms in total. The monoisotopic (exact) mass is 283 g/mol. The molecule has 1 atom stereocenters. The Morgan fingerprint density at radius 3 is 2.05 bits per heavy atom. The predicted octanol–water partition coefficient (Wildman–Crippen LogP) is 3.35. The van der Waals surface area contributed by atoms with Crippen LogP contribution in [0.15, 0.2) is 70.6 Å². The minimum atomic E-state index is -0.446. The standard InChI is InChI=1S/C16H14ClN3/c1-20-15(13-10-6-3-7-11-13)18-14(19-16(20)17)12-8-4-2-5-9-12/h2-11,16H,1H3. The Morgan fingerprint density at radius 2 is 1.45 bits per heavy atom. The van der Waals surface area contributed by atoms with Gasteiger partial charge in [-0.1, -0.05) is 72.3 Å². The third-order valence-electron chi connectivity index (χ3n) is 3.16. The van der Waals surface area contributed by atoms with E-state index in [0.717, 1.165) is 17.0 Å². The van der Waals surface area contributed by atoms with Crippen molar-refractivity contribution < 1.29 is 0 Å². The van der Waals surface area contributed by atoms with Crippen molar-refractivity contribution >= 4 is 23.3 Å². The van der Waals surface area contributed by atoms with Crippen molar-refractivity contribution in [2.75, 3.05) is 7.05 Å². The summed E-state index contributed by atoms with van der Waals surface area (Å²) in [6, 6.07) is 19.9. The Hall–Kier alpha value is -2.13. The molecular formula is C16H14ClN3. The van der Waals surface area contributed by atoms with E-state index in [9.17, 15) is 0 Å². The van der Waals surface area contributed by atoms with Crippen molar-refractivity contribution in [3.63, 3.8) is 0 Å². The van der Waals surface area contributed by atoms with Crippen LogP contribution in [0.1, 0.15) is 11.1 Å². The van der Waals surface area contributed by atoms with Crippen LogP contribution in [0.5, 0.6) is 0 Å². The Balaban J connectivity index is 2.05. The number of amidine groups is 2. The molecule has 0 saturated carbocycles. The minimum absolute atomic E-state index is 0.446. The Labute approximate surface area is 123 Å². The van der Waals surface area contributed by atoms with E-state index in [4.69, 9.17) is 11.6 Å². The van der Waals surface area contributed by atoms with Gasteiger partial charge >= 0.3 is 0 Å². The fraction of sp³-hybridized carbons (Fsp3) is 0.125. The first-order chi connectivity index (χ1) is 9.75. The highest BCUT2D eigenvalue weighted by molar-refractivity contribution is 6.25. The number of hydrogen-bond donors (Lipinski definition) is 0. The summed E-state index contributed by atoms with van der Waals surface area (Å²) >= 11 is 6.31. The fourth-order valence-corrected chi connectivity index (χ4v) is 2.26. The molecule has 0 N–H and O–H groups in total. The molecule has 1 aliphatic heterocycles. The summed E-state index contributed by atoms with van der Waals surface area (Å²) in [5.41, 5.74) is 1.56. The van der Waals surface area contributed by atoms with Crippen LogP contribution in [0.2, 0.25) is 0 Å². The van der Waals surface area contributed by atoms with Crippen LogP contribution in [0.25, 0.3) is 0 Å². The van der Waals surface area contributed by atoms with Gasteiger partial charge in [0.1, 0.15) is 5.84 Å². The summed E-state index contributed by atoms with van der Waals surface area (Å²) in [7, 11) is 1.90. The van der Waals surface area contributed by atoms with E-state index in [1.165, 1.54) is 0 Å². The number of alkyl halides is 1. The van der Waals surface area contributed by atoms with E-state index in [-0.39, 0.29) is 0 Å². The second kappa shape index (κ2) is 5.47. The van der Waals surface area contributed by atoms with Crippen molar-refractivity contribution in [3.05, 3.63) is 71.8 Å². The van der Waals surface area contributed by atoms with Gasteiger partial charge in [0.15, 0.2) is 5.84 Å². The maximum atomic E-state index is 6.31. The van der Waals surface area contributed by atoms with Crippen molar-refractivity contribution in [3.8, 4) is 0 Å². The smallest absolute Gasteiger partial charge is 0.201 e. The Bertz CT molecular complexity index is 650. The zero-order valence-corrected chi connectivity index (χ0v) is 11.8. The zero-order valence-electron chi connectivity index (χ0n) is 11.1. The summed E-state index contributed by atoms with van der Waals surface area (Å²) in [4.78, 5) is 11.0. The highest BCUT2D eigenvalue weighted by Crippen LogP contribution is 2.19. The van der Waals surface area contributed by atoms with Gasteiger partial charge in [0.25, 0.3) is 0 Å². The first-order valence-corrected chi connectivity index (χ1v) is 6.83. The average molecular weight is 284 g/mol. The van der Waals surface area contributed by atoms with E-state index in [1.54, 1.807) is 0 Å². The molecule has 2 aromatic carbocycles. The minimum Gasteiger partial charge on any atom is -0.324 e. The SMILES string of the molecule is CN1C(c2ccccc2)=NC(c2ccccc2)=NC1Cl. The Morgan fingerprint density at radius 1 is 0.900 bits per heavy atom. The molecule has 1 unspecified atom stereocenters. The maximum Gasteiger partial charge on any atom is 0.201 e. The maximum absolute atomic E-state index is 6.31. The molecule has 0 aliphatic carbocycles. The fourth-order valence-electron chi connectivity index (χ4n) is 2.08. The lowest BCUT2D eigenvalue weighted by atomic mass is 10.1. The van der Waals surface area contributed by atoms with Crippen molar-refractivity contribution in [2.45, 2.75) is 5.62 Å².